The summed E-state index contributed by atoms with van der Waals surface area (Å²) in [5, 5.41) is 80.1. The lowest BCUT2D eigenvalue weighted by atomic mass is 9.98. The van der Waals surface area contributed by atoms with Crippen molar-refractivity contribution in [2.75, 3.05) is 19.8 Å². The number of rotatable bonds is 33. The van der Waals surface area contributed by atoms with E-state index in [1.807, 2.05) is 10.6 Å². The molecule has 0 aliphatic rings. The van der Waals surface area contributed by atoms with Crippen LogP contribution in [-0.2, 0) is 70.4 Å². The first-order valence-electron chi connectivity index (χ1n) is 25.5. The number of hydrogen-bond acceptors (Lipinski definition) is 17. The number of aliphatic carboxylic acids is 2. The number of nitrogens with two attached hydrogens (primary N) is 2. The van der Waals surface area contributed by atoms with Crippen molar-refractivity contribution >= 4 is 81.9 Å². The van der Waals surface area contributed by atoms with Gasteiger partial charge >= 0.3 is 11.9 Å². The Hall–Kier alpha value is -8.74. The van der Waals surface area contributed by atoms with Crippen LogP contribution in [0.3, 0.4) is 0 Å². The Labute approximate surface area is 463 Å². The fourth-order valence-electron chi connectivity index (χ4n) is 7.81. The number of aromatic nitrogens is 1. The number of aliphatic hydroxyl groups excluding tert-OH is 3. The molecule has 11 atom stereocenters. The Morgan fingerprint density at radius 1 is 0.580 bits per heavy atom. The molecule has 3 aromatic rings. The van der Waals surface area contributed by atoms with Crippen molar-refractivity contribution in [3.8, 4) is 5.75 Å². The Morgan fingerprint density at radius 3 is 1.59 bits per heavy atom. The molecule has 2 aromatic carbocycles. The zero-order valence-electron chi connectivity index (χ0n) is 45.0. The summed E-state index contributed by atoms with van der Waals surface area (Å²) in [6.45, 7) is 4.37. The zero-order valence-corrected chi connectivity index (χ0v) is 45.0. The highest BCUT2D eigenvalue weighted by atomic mass is 16.4. The predicted molar refractivity (Wildman–Crippen MR) is 284 cm³/mol. The second-order valence-corrected chi connectivity index (χ2v) is 19.4. The number of aromatic hydroxyl groups is 1. The summed E-state index contributed by atoms with van der Waals surface area (Å²) in [6.07, 6.45) is -1.96. The van der Waals surface area contributed by atoms with E-state index in [0.717, 1.165) is 6.92 Å². The van der Waals surface area contributed by atoms with Crippen molar-refractivity contribution in [1.82, 2.24) is 52.8 Å². The number of nitrogens with one attached hydrogen (secondary N) is 10. The number of amides is 10. The smallest absolute Gasteiger partial charge is 0.328 e. The van der Waals surface area contributed by atoms with Gasteiger partial charge in [0.25, 0.3) is 0 Å². The molecule has 3 rings (SSSR count). The summed E-state index contributed by atoms with van der Waals surface area (Å²) in [5.41, 5.74) is 13.1. The zero-order chi connectivity index (χ0) is 60.8. The standard InChI is InChI=1S/C51H72N12O18/c1-6-24(4)40(53)49(78)58-31(15-26-11-13-28(67)14-12-26)44(73)60-35(21-64)47(76)56-33(17-37(52)68)45(74)61-36(22-65)48(77)57-34(18-39(70)71)43(72)55-20-38(69)62-41(23(2)3)50(79)59-32(46(75)63-42(25(5)66)51(80)81)16-27-19-54-30-10-8-7-9-29(27)30/h7-14,19,23-25,31-36,40-42,54,64-67H,6,15-18,20-22,53H2,1-5H3,(H2,52,68)(H,55,72)(H,56,76)(H,57,77)(H,58,78)(H,59,79)(H,60,73)(H,61,74)(H,62,69)(H,63,75)(H,70,71)(H,80,81)/t24-,25+,31-,32-,33-,34-,35-,36-,40-,41-,42-/m0/s1. The van der Waals surface area contributed by atoms with Crippen LogP contribution in [0.5, 0.6) is 5.75 Å². The molecule has 0 radical (unpaired) electrons. The van der Waals surface area contributed by atoms with Crippen LogP contribution in [0, 0.1) is 11.8 Å². The van der Waals surface area contributed by atoms with Gasteiger partial charge in [0.05, 0.1) is 44.7 Å². The third-order valence-electron chi connectivity index (χ3n) is 12.7. The minimum atomic E-state index is -2.04. The molecule has 0 aliphatic heterocycles. The number of para-hydroxylation sites is 1. The maximum atomic E-state index is 13.8. The van der Waals surface area contributed by atoms with Gasteiger partial charge in [-0.3, -0.25) is 52.7 Å². The Morgan fingerprint density at radius 2 is 1.07 bits per heavy atom. The molecule has 444 valence electrons. The fourth-order valence-corrected chi connectivity index (χ4v) is 7.81. The molecule has 0 spiro atoms. The fraction of sp³-hybridized carbons (Fsp3) is 0.490. The van der Waals surface area contributed by atoms with Crippen molar-refractivity contribution in [3.05, 3.63) is 65.9 Å². The van der Waals surface area contributed by atoms with Gasteiger partial charge in [0.1, 0.15) is 48.0 Å². The first-order chi connectivity index (χ1) is 38.1. The summed E-state index contributed by atoms with van der Waals surface area (Å²) in [5.74, 6) is -15.6. The number of carboxylic acid groups (broad SMARTS) is 2. The molecule has 20 N–H and O–H groups in total. The minimum absolute atomic E-state index is 0.0963. The molecule has 0 fully saturated rings. The number of carboxylic acids is 2. The molecule has 0 unspecified atom stereocenters. The maximum absolute atomic E-state index is 13.8. The van der Waals surface area contributed by atoms with E-state index in [9.17, 15) is 88.2 Å². The molecule has 1 heterocycles. The van der Waals surface area contributed by atoms with Gasteiger partial charge in [0, 0.05) is 29.9 Å². The maximum Gasteiger partial charge on any atom is 0.328 e. The van der Waals surface area contributed by atoms with E-state index < -0.39 is 170 Å². The van der Waals surface area contributed by atoms with Gasteiger partial charge in [-0.05, 0) is 48.1 Å². The normalized spacial score (nSPS) is 15.2. The highest BCUT2D eigenvalue weighted by Crippen LogP contribution is 2.20. The molecule has 0 aliphatic carbocycles. The number of phenolic OH excluding ortho intramolecular Hbond substituents is 1. The van der Waals surface area contributed by atoms with Crippen LogP contribution in [0.15, 0.2) is 54.7 Å². The molecule has 0 bridgehead atoms. The van der Waals surface area contributed by atoms with Crippen molar-refractivity contribution < 1.29 is 88.2 Å². The number of aliphatic hydroxyl groups is 3. The number of carbonyl (C=O) groups excluding carboxylic acids is 10. The van der Waals surface area contributed by atoms with Crippen LogP contribution in [0.4, 0.5) is 0 Å². The van der Waals surface area contributed by atoms with E-state index in [-0.39, 0.29) is 24.5 Å². The second-order valence-electron chi connectivity index (χ2n) is 19.4. The molecular weight excluding hydrogens is 1070 g/mol. The number of aromatic amines is 1. The number of fused-ring (bicyclic) bond motifs is 1. The SMILES string of the molecule is CC[C@H](C)[C@H](N)C(=O)N[C@@H](Cc1ccc(O)cc1)C(=O)N[C@@H](CO)C(=O)N[C@@H](CC(N)=O)C(=O)N[C@@H](CO)C(=O)N[C@@H](CC(=O)O)C(=O)NCC(=O)N[C@H](C(=O)N[C@@H](Cc1c[nH]c2ccccc12)C(=O)N[C@H](C(=O)O)[C@@H](C)O)C(C)C. The number of primary amides is 1. The van der Waals surface area contributed by atoms with Crippen LogP contribution in [0.25, 0.3) is 10.9 Å². The lowest BCUT2D eigenvalue weighted by Gasteiger charge is -2.27. The van der Waals surface area contributed by atoms with Gasteiger partial charge in [0.15, 0.2) is 6.04 Å². The van der Waals surface area contributed by atoms with Gasteiger partial charge in [-0.1, -0.05) is 64.4 Å². The molecule has 1 aromatic heterocycles. The van der Waals surface area contributed by atoms with Crippen molar-refractivity contribution in [3.63, 3.8) is 0 Å². The van der Waals surface area contributed by atoms with Gasteiger partial charge in [0.2, 0.25) is 59.1 Å². The van der Waals surface area contributed by atoms with Crippen LogP contribution in [-0.4, -0.2) is 187 Å². The molecule has 81 heavy (non-hydrogen) atoms. The third-order valence-corrected chi connectivity index (χ3v) is 12.7. The lowest BCUT2D eigenvalue weighted by molar-refractivity contribution is -0.145. The number of H-pyrrole nitrogens is 1. The summed E-state index contributed by atoms with van der Waals surface area (Å²) >= 11 is 0. The summed E-state index contributed by atoms with van der Waals surface area (Å²) in [6, 6.07) is -2.49. The largest absolute Gasteiger partial charge is 0.508 e. The molecule has 0 saturated heterocycles. The van der Waals surface area contributed by atoms with Crippen LogP contribution < -0.4 is 59.3 Å². The van der Waals surface area contributed by atoms with Gasteiger partial charge in [-0.25, -0.2) is 4.79 Å². The van der Waals surface area contributed by atoms with Crippen LogP contribution in [0.1, 0.15) is 65.0 Å². The van der Waals surface area contributed by atoms with Crippen LogP contribution in [0.2, 0.25) is 0 Å². The molecular formula is C51H72N12O18. The molecule has 10 amide bonds. The Bertz CT molecular complexity index is 2740. The number of phenols is 1. The average molecular weight is 1140 g/mol. The summed E-state index contributed by atoms with van der Waals surface area (Å²) in [7, 11) is 0. The summed E-state index contributed by atoms with van der Waals surface area (Å²) < 4.78 is 0. The minimum Gasteiger partial charge on any atom is -0.508 e. The first kappa shape index (κ1) is 66.5. The Kier molecular flexibility index (Phi) is 26.1. The monoisotopic (exact) mass is 1140 g/mol. The molecule has 0 saturated carbocycles. The number of benzene rings is 2. The van der Waals surface area contributed by atoms with Crippen molar-refractivity contribution in [2.45, 2.75) is 127 Å². The average Bonchev–Trinajstić information content (AvgIpc) is 3.84. The van der Waals surface area contributed by atoms with Gasteiger partial charge in [-0.15, -0.1) is 0 Å². The molecule has 30 nitrogen and oxygen atoms in total. The van der Waals surface area contributed by atoms with Gasteiger partial charge in [-0.2, -0.15) is 0 Å². The van der Waals surface area contributed by atoms with Crippen LogP contribution >= 0.6 is 0 Å². The van der Waals surface area contributed by atoms with E-state index in [0.29, 0.717) is 28.5 Å². The van der Waals surface area contributed by atoms with E-state index in [4.69, 9.17) is 11.5 Å². The van der Waals surface area contributed by atoms with Crippen molar-refractivity contribution in [2.24, 2.45) is 23.3 Å². The van der Waals surface area contributed by atoms with E-state index >= 15 is 0 Å². The highest BCUT2D eigenvalue weighted by molar-refractivity contribution is 6.00. The van der Waals surface area contributed by atoms with Gasteiger partial charge < -0.3 is 94.9 Å². The topological polar surface area (TPSA) is 502 Å². The lowest BCUT2D eigenvalue weighted by Crippen LogP contribution is -2.61. The van der Waals surface area contributed by atoms with E-state index in [2.05, 4.69) is 42.2 Å². The number of carbonyl (C=O) groups is 12. The quantitative estimate of drug-likeness (QED) is 0.0270. The predicted octanol–water partition coefficient (Wildman–Crippen LogP) is -5.52. The highest BCUT2D eigenvalue weighted by Gasteiger charge is 2.36. The third kappa shape index (κ3) is 20.8. The molecule has 30 heteroatoms. The number of hydrogen-bond donors (Lipinski definition) is 18. The van der Waals surface area contributed by atoms with E-state index in [1.54, 1.807) is 44.3 Å². The first-order valence-corrected chi connectivity index (χ1v) is 25.5. The summed E-state index contributed by atoms with van der Waals surface area (Å²) in [4.78, 5) is 160. The Balaban J connectivity index is 1.72. The van der Waals surface area contributed by atoms with E-state index in [1.165, 1.54) is 38.1 Å². The van der Waals surface area contributed by atoms with Crippen molar-refractivity contribution in [1.29, 1.82) is 0 Å². The second kappa shape index (κ2) is 31.7.